The fraction of sp³-hybridized carbons (Fsp3) is 0.455. The molecule has 7 heteroatoms. The predicted octanol–water partition coefficient (Wildman–Crippen LogP) is 3.03. The monoisotopic (exact) mass is 417 g/mol. The SMILES string of the molecule is COCCN(Cc1cccn1C)C(=O)CN(C(=O)CSc1ccccc1)C(C)C. The van der Waals surface area contributed by atoms with E-state index in [0.29, 0.717) is 25.4 Å². The van der Waals surface area contributed by atoms with E-state index in [2.05, 4.69) is 0 Å². The van der Waals surface area contributed by atoms with Crippen molar-refractivity contribution >= 4 is 23.6 Å². The minimum absolute atomic E-state index is 0.0345. The zero-order chi connectivity index (χ0) is 21.2. The highest BCUT2D eigenvalue weighted by Crippen LogP contribution is 2.18. The van der Waals surface area contributed by atoms with E-state index >= 15 is 0 Å². The number of carbonyl (C=O) groups is 2. The minimum atomic E-state index is -0.0741. The summed E-state index contributed by atoms with van der Waals surface area (Å²) in [6.07, 6.45) is 1.96. The van der Waals surface area contributed by atoms with Crippen molar-refractivity contribution in [3.8, 4) is 0 Å². The molecule has 2 amide bonds. The third-order valence-corrected chi connectivity index (χ3v) is 5.67. The second kappa shape index (κ2) is 11.7. The van der Waals surface area contributed by atoms with Gasteiger partial charge in [0.25, 0.3) is 0 Å². The first kappa shape index (κ1) is 23.0. The second-order valence-corrected chi connectivity index (χ2v) is 8.18. The van der Waals surface area contributed by atoms with Crippen LogP contribution in [0.15, 0.2) is 53.6 Å². The predicted molar refractivity (Wildman–Crippen MR) is 117 cm³/mol. The van der Waals surface area contributed by atoms with Crippen molar-refractivity contribution in [3.05, 3.63) is 54.4 Å². The molecule has 2 aromatic rings. The molecule has 158 valence electrons. The van der Waals surface area contributed by atoms with Gasteiger partial charge in [0.05, 0.1) is 18.9 Å². The van der Waals surface area contributed by atoms with E-state index in [4.69, 9.17) is 4.74 Å². The molecule has 1 heterocycles. The molecule has 0 atom stereocenters. The van der Waals surface area contributed by atoms with Crippen LogP contribution in [0.2, 0.25) is 0 Å². The zero-order valence-corrected chi connectivity index (χ0v) is 18.5. The van der Waals surface area contributed by atoms with E-state index in [1.54, 1.807) is 16.9 Å². The molecule has 0 spiro atoms. The first-order valence-corrected chi connectivity index (χ1v) is 10.7. The molecule has 29 heavy (non-hydrogen) atoms. The molecule has 0 N–H and O–H groups in total. The molecule has 6 nitrogen and oxygen atoms in total. The molecular formula is C22H31N3O3S. The number of nitrogens with zero attached hydrogens (tertiary/aromatic N) is 3. The van der Waals surface area contributed by atoms with Crippen molar-refractivity contribution in [2.75, 3.05) is 32.6 Å². The van der Waals surface area contributed by atoms with Gasteiger partial charge in [-0.1, -0.05) is 18.2 Å². The van der Waals surface area contributed by atoms with E-state index in [0.717, 1.165) is 10.6 Å². The second-order valence-electron chi connectivity index (χ2n) is 7.14. The van der Waals surface area contributed by atoms with Gasteiger partial charge in [-0.15, -0.1) is 11.8 Å². The van der Waals surface area contributed by atoms with Gasteiger partial charge in [0, 0.05) is 43.5 Å². The molecule has 0 radical (unpaired) electrons. The summed E-state index contributed by atoms with van der Waals surface area (Å²) in [4.78, 5) is 30.3. The lowest BCUT2D eigenvalue weighted by Crippen LogP contribution is -2.47. The van der Waals surface area contributed by atoms with Gasteiger partial charge in [-0.05, 0) is 38.1 Å². The van der Waals surface area contributed by atoms with Gasteiger partial charge in [-0.25, -0.2) is 0 Å². The van der Waals surface area contributed by atoms with E-state index in [9.17, 15) is 9.59 Å². The Labute approximate surface area is 177 Å². The number of benzene rings is 1. The summed E-state index contributed by atoms with van der Waals surface area (Å²) in [7, 11) is 3.58. The molecule has 0 aliphatic heterocycles. The first-order chi connectivity index (χ1) is 13.9. The highest BCUT2D eigenvalue weighted by Gasteiger charge is 2.24. The molecule has 0 fully saturated rings. The molecule has 0 aliphatic rings. The van der Waals surface area contributed by atoms with Gasteiger partial charge in [0.1, 0.15) is 6.54 Å². The smallest absolute Gasteiger partial charge is 0.242 e. The third kappa shape index (κ3) is 7.25. The molecule has 1 aromatic carbocycles. The number of carbonyl (C=O) groups excluding carboxylic acids is 2. The zero-order valence-electron chi connectivity index (χ0n) is 17.7. The molecule has 0 bridgehead atoms. The average Bonchev–Trinajstić information content (AvgIpc) is 3.12. The Balaban J connectivity index is 2.02. The number of thioether (sulfide) groups is 1. The average molecular weight is 418 g/mol. The van der Waals surface area contributed by atoms with Crippen LogP contribution in [0.3, 0.4) is 0 Å². The summed E-state index contributed by atoms with van der Waals surface area (Å²) in [6.45, 7) is 5.38. The number of aryl methyl sites for hydroxylation is 1. The molecular weight excluding hydrogens is 386 g/mol. The van der Waals surface area contributed by atoms with Crippen LogP contribution < -0.4 is 0 Å². The number of aromatic nitrogens is 1. The number of rotatable bonds is 11. The van der Waals surface area contributed by atoms with Crippen LogP contribution in [0.1, 0.15) is 19.5 Å². The van der Waals surface area contributed by atoms with Gasteiger partial charge in [0.2, 0.25) is 11.8 Å². The highest BCUT2D eigenvalue weighted by atomic mass is 32.2. The fourth-order valence-corrected chi connectivity index (χ4v) is 3.70. The highest BCUT2D eigenvalue weighted by molar-refractivity contribution is 8.00. The molecule has 0 aliphatic carbocycles. The normalized spacial score (nSPS) is 10.9. The Kier molecular flexibility index (Phi) is 9.28. The van der Waals surface area contributed by atoms with E-state index in [-0.39, 0.29) is 24.4 Å². The molecule has 0 unspecified atom stereocenters. The number of hydrogen-bond donors (Lipinski definition) is 0. The van der Waals surface area contributed by atoms with Crippen molar-refractivity contribution in [1.82, 2.24) is 14.4 Å². The van der Waals surface area contributed by atoms with Crippen molar-refractivity contribution in [2.45, 2.75) is 31.3 Å². The Bertz CT molecular complexity index is 777. The van der Waals surface area contributed by atoms with E-state index in [1.165, 1.54) is 11.8 Å². The molecule has 1 aromatic heterocycles. The topological polar surface area (TPSA) is 54.8 Å². The maximum atomic E-state index is 13.0. The van der Waals surface area contributed by atoms with Crippen molar-refractivity contribution in [3.63, 3.8) is 0 Å². The molecule has 0 saturated heterocycles. The lowest BCUT2D eigenvalue weighted by Gasteiger charge is -2.30. The number of methoxy groups -OCH3 is 1. The summed E-state index contributed by atoms with van der Waals surface area (Å²) in [6, 6.07) is 13.7. The van der Waals surface area contributed by atoms with E-state index in [1.807, 2.05) is 74.1 Å². The standard InChI is InChI=1S/C22H31N3O3S/c1-18(2)25(22(27)17-29-20-10-6-5-7-11-20)16-21(26)24(13-14-28-4)15-19-9-8-12-23(19)3/h5-12,18H,13-17H2,1-4H3. The van der Waals surface area contributed by atoms with Crippen LogP contribution in [0.4, 0.5) is 0 Å². The Morgan fingerprint density at radius 2 is 1.83 bits per heavy atom. The maximum Gasteiger partial charge on any atom is 0.242 e. The third-order valence-electron chi connectivity index (χ3n) is 4.68. The summed E-state index contributed by atoms with van der Waals surface area (Å²) >= 11 is 1.49. The van der Waals surface area contributed by atoms with Crippen LogP contribution in [-0.2, 0) is 27.9 Å². The Morgan fingerprint density at radius 3 is 2.41 bits per heavy atom. The lowest BCUT2D eigenvalue weighted by molar-refractivity contribution is -0.141. The van der Waals surface area contributed by atoms with Gasteiger partial charge >= 0.3 is 0 Å². The maximum absolute atomic E-state index is 13.0. The summed E-state index contributed by atoms with van der Waals surface area (Å²) < 4.78 is 7.17. The summed E-state index contributed by atoms with van der Waals surface area (Å²) in [5, 5.41) is 0. The van der Waals surface area contributed by atoms with Crippen molar-refractivity contribution in [1.29, 1.82) is 0 Å². The van der Waals surface area contributed by atoms with Crippen molar-refractivity contribution < 1.29 is 14.3 Å². The quantitative estimate of drug-likeness (QED) is 0.528. The van der Waals surface area contributed by atoms with Crippen LogP contribution in [0.5, 0.6) is 0 Å². The molecule has 2 rings (SSSR count). The summed E-state index contributed by atoms with van der Waals surface area (Å²) in [5.41, 5.74) is 1.04. The largest absolute Gasteiger partial charge is 0.383 e. The number of ether oxygens (including phenoxy) is 1. The van der Waals surface area contributed by atoms with Gasteiger partial charge in [0.15, 0.2) is 0 Å². The minimum Gasteiger partial charge on any atom is -0.383 e. The van der Waals surface area contributed by atoms with Gasteiger partial charge in [-0.3, -0.25) is 9.59 Å². The van der Waals surface area contributed by atoms with Gasteiger partial charge < -0.3 is 19.1 Å². The van der Waals surface area contributed by atoms with Crippen LogP contribution in [0.25, 0.3) is 0 Å². The van der Waals surface area contributed by atoms with Crippen molar-refractivity contribution in [2.24, 2.45) is 7.05 Å². The fourth-order valence-electron chi connectivity index (χ4n) is 2.90. The van der Waals surface area contributed by atoms with Crippen LogP contribution in [0, 0.1) is 0 Å². The Morgan fingerprint density at radius 1 is 1.10 bits per heavy atom. The summed E-state index contributed by atoms with van der Waals surface area (Å²) in [5.74, 6) is 0.202. The lowest BCUT2D eigenvalue weighted by atomic mass is 10.3. The van der Waals surface area contributed by atoms with Crippen LogP contribution >= 0.6 is 11.8 Å². The Hall–Kier alpha value is -2.25. The number of amides is 2. The first-order valence-electron chi connectivity index (χ1n) is 9.76. The van der Waals surface area contributed by atoms with Crippen LogP contribution in [-0.4, -0.2) is 64.8 Å². The molecule has 0 saturated carbocycles. The number of hydrogen-bond acceptors (Lipinski definition) is 4. The van der Waals surface area contributed by atoms with E-state index < -0.39 is 0 Å². The van der Waals surface area contributed by atoms with Gasteiger partial charge in [-0.2, -0.15) is 0 Å².